The highest BCUT2D eigenvalue weighted by atomic mass is 14.6. The number of benzene rings is 10. The van der Waals surface area contributed by atoms with Gasteiger partial charge in [0.25, 0.3) is 0 Å². The van der Waals surface area contributed by atoms with Crippen LogP contribution in [-0.4, -0.2) is 0 Å². The molecule has 0 heterocycles. The number of anilines is 2. The summed E-state index contributed by atoms with van der Waals surface area (Å²) in [5.41, 5.74) is 26.5. The minimum atomic E-state index is -0.744. The molecule has 0 fully saturated rings. The third-order valence-corrected chi connectivity index (χ3v) is 12.1. The smallest absolute Gasteiger partial charge is 0.0726 e. The molecule has 0 saturated heterocycles. The molecular formula is C53H36N2. The topological polar surface area (TPSA) is 52.0 Å². The molecule has 2 nitrogen and oxygen atoms in total. The fourth-order valence-corrected chi connectivity index (χ4v) is 9.64. The molecule has 55 heavy (non-hydrogen) atoms. The molecule has 0 amide bonds. The number of nitrogen functional groups attached to an aromatic ring is 2. The van der Waals surface area contributed by atoms with Crippen LogP contribution >= 0.6 is 0 Å². The molecule has 2 heteroatoms. The predicted octanol–water partition coefficient (Wildman–Crippen LogP) is 13.2. The van der Waals surface area contributed by atoms with Crippen LogP contribution in [0.25, 0.3) is 76.5 Å². The van der Waals surface area contributed by atoms with E-state index >= 15 is 0 Å². The maximum absolute atomic E-state index is 6.79. The van der Waals surface area contributed by atoms with E-state index < -0.39 is 5.41 Å². The molecule has 10 aromatic rings. The maximum atomic E-state index is 6.79. The zero-order chi connectivity index (χ0) is 36.7. The number of rotatable bonds is 4. The molecule has 0 aliphatic heterocycles. The molecule has 0 saturated carbocycles. The Hall–Kier alpha value is -7.16. The SMILES string of the molecule is Nc1ccc(C2(c3ccc(N)c4ccccc34)c3cc(-c4cccc5ccccc45)ccc3-c3ccc(-c4cccc5ccccc45)cc32)c2ccccc12. The number of hydrogen-bond donors (Lipinski definition) is 2. The molecule has 0 aromatic heterocycles. The molecule has 1 aliphatic rings. The van der Waals surface area contributed by atoms with E-state index in [1.54, 1.807) is 0 Å². The van der Waals surface area contributed by atoms with Gasteiger partial charge in [0.05, 0.1) is 5.41 Å². The predicted molar refractivity (Wildman–Crippen MR) is 233 cm³/mol. The van der Waals surface area contributed by atoms with Gasteiger partial charge in [0, 0.05) is 22.1 Å². The van der Waals surface area contributed by atoms with Gasteiger partial charge in [-0.3, -0.25) is 0 Å². The summed E-state index contributed by atoms with van der Waals surface area (Å²) in [4.78, 5) is 0. The highest BCUT2D eigenvalue weighted by Gasteiger charge is 2.48. The zero-order valence-corrected chi connectivity index (χ0v) is 30.1. The van der Waals surface area contributed by atoms with Crippen molar-refractivity contribution in [3.8, 4) is 33.4 Å². The highest BCUT2D eigenvalue weighted by Crippen LogP contribution is 2.60. The van der Waals surface area contributed by atoms with Gasteiger partial charge in [-0.2, -0.15) is 0 Å². The Balaban J connectivity index is 1.33. The van der Waals surface area contributed by atoms with Crippen molar-refractivity contribution in [2.75, 3.05) is 11.5 Å². The van der Waals surface area contributed by atoms with E-state index in [2.05, 4.69) is 194 Å². The summed E-state index contributed by atoms with van der Waals surface area (Å²) < 4.78 is 0. The molecule has 4 N–H and O–H groups in total. The van der Waals surface area contributed by atoms with Crippen molar-refractivity contribution in [3.05, 3.63) is 216 Å². The Labute approximate surface area is 319 Å². The molecule has 0 atom stereocenters. The average molecular weight is 701 g/mol. The minimum Gasteiger partial charge on any atom is -0.398 e. The van der Waals surface area contributed by atoms with Gasteiger partial charge in [-0.05, 0) is 112 Å². The third kappa shape index (κ3) is 4.49. The lowest BCUT2D eigenvalue weighted by Gasteiger charge is -2.36. The lowest BCUT2D eigenvalue weighted by Crippen LogP contribution is -2.29. The van der Waals surface area contributed by atoms with Gasteiger partial charge in [-0.25, -0.2) is 0 Å². The van der Waals surface area contributed by atoms with Crippen molar-refractivity contribution in [2.24, 2.45) is 0 Å². The van der Waals surface area contributed by atoms with Crippen molar-refractivity contribution >= 4 is 54.5 Å². The molecular weight excluding hydrogens is 665 g/mol. The molecule has 0 unspecified atom stereocenters. The summed E-state index contributed by atoms with van der Waals surface area (Å²) in [5, 5.41) is 9.28. The van der Waals surface area contributed by atoms with Gasteiger partial charge >= 0.3 is 0 Å². The summed E-state index contributed by atoms with van der Waals surface area (Å²) in [5.74, 6) is 0. The van der Waals surface area contributed by atoms with Gasteiger partial charge in [-0.15, -0.1) is 0 Å². The van der Waals surface area contributed by atoms with E-state index in [0.717, 1.165) is 32.9 Å². The first-order chi connectivity index (χ1) is 27.1. The van der Waals surface area contributed by atoms with Crippen LogP contribution in [0.3, 0.4) is 0 Å². The monoisotopic (exact) mass is 700 g/mol. The zero-order valence-electron chi connectivity index (χ0n) is 30.1. The summed E-state index contributed by atoms with van der Waals surface area (Å²) in [6.07, 6.45) is 0. The van der Waals surface area contributed by atoms with E-state index in [0.29, 0.717) is 0 Å². The molecule has 258 valence electrons. The molecule has 10 aromatic carbocycles. The van der Waals surface area contributed by atoms with E-state index in [4.69, 9.17) is 11.5 Å². The van der Waals surface area contributed by atoms with Gasteiger partial charge in [-0.1, -0.05) is 170 Å². The second-order valence-corrected chi connectivity index (χ2v) is 14.8. The second-order valence-electron chi connectivity index (χ2n) is 14.8. The Morgan fingerprint density at radius 3 is 1.11 bits per heavy atom. The third-order valence-electron chi connectivity index (χ3n) is 12.1. The Kier molecular flexibility index (Phi) is 6.80. The summed E-state index contributed by atoms with van der Waals surface area (Å²) in [6.45, 7) is 0. The standard InChI is InChI=1S/C53H36N2/c54-51-29-27-47(41-17-5-7-19-45(41)51)53(48-28-30-52(55)46-20-8-6-18-42(46)48)49-31-35(39-21-9-13-33-11-1-3-15-37(33)39)23-25-43(49)44-26-24-36(32-50(44)53)40-22-10-14-34-12-2-4-16-38(34)40/h1-32H,54-55H2. The largest absolute Gasteiger partial charge is 0.398 e. The van der Waals surface area contributed by atoms with Crippen LogP contribution < -0.4 is 11.5 Å². The van der Waals surface area contributed by atoms with Crippen molar-refractivity contribution in [3.63, 3.8) is 0 Å². The second kappa shape index (κ2) is 11.9. The van der Waals surface area contributed by atoms with Crippen LogP contribution in [0, 0.1) is 0 Å². The first-order valence-corrected chi connectivity index (χ1v) is 18.9. The van der Waals surface area contributed by atoms with E-state index in [1.165, 1.54) is 77.2 Å². The molecule has 1 aliphatic carbocycles. The lowest BCUT2D eigenvalue weighted by atomic mass is 9.64. The summed E-state index contributed by atoms with van der Waals surface area (Å²) in [6, 6.07) is 70.8. The Bertz CT molecular complexity index is 2960. The van der Waals surface area contributed by atoms with Crippen LogP contribution in [0.15, 0.2) is 194 Å². The molecule has 0 spiro atoms. The van der Waals surface area contributed by atoms with E-state index in [9.17, 15) is 0 Å². The quantitative estimate of drug-likeness (QED) is 0.180. The van der Waals surface area contributed by atoms with Crippen LogP contribution in [-0.2, 0) is 5.41 Å². The summed E-state index contributed by atoms with van der Waals surface area (Å²) in [7, 11) is 0. The van der Waals surface area contributed by atoms with Crippen LogP contribution in [0.5, 0.6) is 0 Å². The molecule has 0 radical (unpaired) electrons. The van der Waals surface area contributed by atoms with Crippen LogP contribution in [0.2, 0.25) is 0 Å². The first-order valence-electron chi connectivity index (χ1n) is 18.9. The van der Waals surface area contributed by atoms with Crippen LogP contribution in [0.1, 0.15) is 22.3 Å². The number of hydrogen-bond acceptors (Lipinski definition) is 2. The molecule has 0 bridgehead atoms. The van der Waals surface area contributed by atoms with Crippen molar-refractivity contribution < 1.29 is 0 Å². The van der Waals surface area contributed by atoms with Gasteiger partial charge in [0.1, 0.15) is 0 Å². The molecule has 11 rings (SSSR count). The highest BCUT2D eigenvalue weighted by molar-refractivity contribution is 6.06. The van der Waals surface area contributed by atoms with Crippen molar-refractivity contribution in [1.29, 1.82) is 0 Å². The lowest BCUT2D eigenvalue weighted by molar-refractivity contribution is 0.785. The van der Waals surface area contributed by atoms with Gasteiger partial charge in [0.2, 0.25) is 0 Å². The maximum Gasteiger partial charge on any atom is 0.0726 e. The van der Waals surface area contributed by atoms with Crippen LogP contribution in [0.4, 0.5) is 11.4 Å². The van der Waals surface area contributed by atoms with E-state index in [-0.39, 0.29) is 0 Å². The van der Waals surface area contributed by atoms with Gasteiger partial charge in [0.15, 0.2) is 0 Å². The average Bonchev–Trinajstić information content (AvgIpc) is 3.53. The van der Waals surface area contributed by atoms with Crippen molar-refractivity contribution in [2.45, 2.75) is 5.41 Å². The number of fused-ring (bicyclic) bond motifs is 7. The normalized spacial score (nSPS) is 13.0. The number of nitrogens with two attached hydrogens (primary N) is 2. The Morgan fingerprint density at radius 1 is 0.273 bits per heavy atom. The van der Waals surface area contributed by atoms with E-state index in [1.807, 2.05) is 0 Å². The fourth-order valence-electron chi connectivity index (χ4n) is 9.64. The minimum absolute atomic E-state index is 0.744. The summed E-state index contributed by atoms with van der Waals surface area (Å²) >= 11 is 0. The first kappa shape index (κ1) is 31.4. The fraction of sp³-hybridized carbons (Fsp3) is 0.0189. The Morgan fingerprint density at radius 2 is 0.655 bits per heavy atom. The van der Waals surface area contributed by atoms with Gasteiger partial charge < -0.3 is 11.5 Å². The van der Waals surface area contributed by atoms with Crippen molar-refractivity contribution in [1.82, 2.24) is 0 Å².